The van der Waals surface area contributed by atoms with Gasteiger partial charge < -0.3 is 10.4 Å². The van der Waals surface area contributed by atoms with Gasteiger partial charge in [0.25, 0.3) is 0 Å². The lowest BCUT2D eigenvalue weighted by Gasteiger charge is -2.10. The summed E-state index contributed by atoms with van der Waals surface area (Å²) in [7, 11) is 0. The quantitative estimate of drug-likeness (QED) is 0.833. The number of anilines is 1. The number of amides is 1. The molecule has 1 amide bonds. The minimum Gasteiger partial charge on any atom is -0.384 e. The van der Waals surface area contributed by atoms with Gasteiger partial charge in [-0.15, -0.1) is 0 Å². The summed E-state index contributed by atoms with van der Waals surface area (Å²) < 4.78 is 13.5. The van der Waals surface area contributed by atoms with Crippen molar-refractivity contribution < 1.29 is 14.3 Å². The fraction of sp³-hybridized carbons (Fsp3) is 0.438. The van der Waals surface area contributed by atoms with Gasteiger partial charge in [0.05, 0.1) is 5.56 Å². The molecule has 1 fully saturated rings. The first-order chi connectivity index (χ1) is 9.69. The Hall–Kier alpha value is -1.86. The lowest BCUT2D eigenvalue weighted by Crippen LogP contribution is -2.15. The molecule has 0 saturated heterocycles. The summed E-state index contributed by atoms with van der Waals surface area (Å²) in [6, 6.07) is 4.28. The molecule has 20 heavy (non-hydrogen) atoms. The Labute approximate surface area is 118 Å². The van der Waals surface area contributed by atoms with Gasteiger partial charge in [-0.3, -0.25) is 4.79 Å². The first-order valence-electron chi connectivity index (χ1n) is 6.88. The molecule has 0 bridgehead atoms. The second-order valence-corrected chi connectivity index (χ2v) is 5.06. The van der Waals surface area contributed by atoms with E-state index in [1.807, 2.05) is 0 Å². The van der Waals surface area contributed by atoms with E-state index in [4.69, 9.17) is 5.11 Å². The lowest BCUT2D eigenvalue weighted by molar-refractivity contribution is -0.117. The molecule has 1 saturated carbocycles. The highest BCUT2D eigenvalue weighted by Crippen LogP contribution is 2.27. The van der Waals surface area contributed by atoms with E-state index in [9.17, 15) is 9.18 Å². The number of nitrogens with one attached hydrogen (secondary N) is 1. The Bertz CT molecular complexity index is 539. The first kappa shape index (κ1) is 14.5. The molecule has 0 spiro atoms. The summed E-state index contributed by atoms with van der Waals surface area (Å²) in [4.78, 5) is 11.9. The van der Waals surface area contributed by atoms with Gasteiger partial charge in [0.15, 0.2) is 0 Å². The molecule has 1 aromatic carbocycles. The monoisotopic (exact) mass is 275 g/mol. The normalized spacial score (nSPS) is 14.7. The smallest absolute Gasteiger partial charge is 0.224 e. The van der Waals surface area contributed by atoms with Crippen LogP contribution in [0.3, 0.4) is 0 Å². The summed E-state index contributed by atoms with van der Waals surface area (Å²) in [5, 5.41) is 11.4. The van der Waals surface area contributed by atoms with Crippen molar-refractivity contribution in [2.75, 3.05) is 11.9 Å². The van der Waals surface area contributed by atoms with Gasteiger partial charge in [0.1, 0.15) is 12.4 Å². The van der Waals surface area contributed by atoms with Crippen LogP contribution in [0.25, 0.3) is 0 Å². The van der Waals surface area contributed by atoms with Crippen LogP contribution in [0.5, 0.6) is 0 Å². The van der Waals surface area contributed by atoms with E-state index in [1.165, 1.54) is 31.0 Å². The zero-order valence-corrected chi connectivity index (χ0v) is 11.3. The van der Waals surface area contributed by atoms with Gasteiger partial charge in [-0.2, -0.15) is 0 Å². The summed E-state index contributed by atoms with van der Waals surface area (Å²) in [6.45, 7) is -0.322. The van der Waals surface area contributed by atoms with Crippen LogP contribution in [0.15, 0.2) is 18.2 Å². The molecule has 4 heteroatoms. The van der Waals surface area contributed by atoms with Gasteiger partial charge in [0, 0.05) is 12.1 Å². The first-order valence-corrected chi connectivity index (χ1v) is 6.88. The largest absolute Gasteiger partial charge is 0.384 e. The van der Waals surface area contributed by atoms with E-state index in [2.05, 4.69) is 17.2 Å². The number of hydrogen-bond donors (Lipinski definition) is 2. The highest BCUT2D eigenvalue weighted by Gasteiger charge is 2.18. The third-order valence-electron chi connectivity index (χ3n) is 3.50. The molecule has 0 unspecified atom stereocenters. The standard InChI is InChI=1S/C16H18FNO2/c17-15-8-7-14(11-13(15)6-3-9-19)18-16(20)10-12-4-1-2-5-12/h7-8,11-12,19H,1-2,4-5,9-10H2,(H,18,20). The van der Waals surface area contributed by atoms with Crippen molar-refractivity contribution in [1.29, 1.82) is 0 Å². The minimum absolute atomic E-state index is 0.0374. The zero-order valence-electron chi connectivity index (χ0n) is 11.3. The van der Waals surface area contributed by atoms with Gasteiger partial charge in [0.2, 0.25) is 5.91 Å². The van der Waals surface area contributed by atoms with E-state index in [0.717, 1.165) is 12.8 Å². The number of halogens is 1. The average molecular weight is 275 g/mol. The van der Waals surface area contributed by atoms with E-state index in [1.54, 1.807) is 0 Å². The van der Waals surface area contributed by atoms with Crippen LogP contribution in [0.2, 0.25) is 0 Å². The van der Waals surface area contributed by atoms with Crippen LogP contribution in [0, 0.1) is 23.6 Å². The number of aliphatic hydroxyl groups is 1. The van der Waals surface area contributed by atoms with E-state index < -0.39 is 5.82 Å². The predicted molar refractivity (Wildman–Crippen MR) is 75.6 cm³/mol. The molecule has 0 heterocycles. The number of benzene rings is 1. The summed E-state index contributed by atoms with van der Waals surface area (Å²) in [6.07, 6.45) is 5.16. The highest BCUT2D eigenvalue weighted by atomic mass is 19.1. The van der Waals surface area contributed by atoms with E-state index in [0.29, 0.717) is 18.0 Å². The molecular formula is C16H18FNO2. The molecule has 0 aliphatic heterocycles. The number of carbonyl (C=O) groups is 1. The zero-order chi connectivity index (χ0) is 14.4. The maximum absolute atomic E-state index is 13.5. The van der Waals surface area contributed by atoms with Crippen molar-refractivity contribution >= 4 is 11.6 Å². The summed E-state index contributed by atoms with van der Waals surface area (Å²) in [5.41, 5.74) is 0.717. The average Bonchev–Trinajstić information content (AvgIpc) is 2.92. The summed E-state index contributed by atoms with van der Waals surface area (Å²) in [5.74, 6) is 4.90. The molecule has 106 valence electrons. The maximum Gasteiger partial charge on any atom is 0.224 e. The molecule has 0 radical (unpaired) electrons. The Morgan fingerprint density at radius 2 is 2.15 bits per heavy atom. The Morgan fingerprint density at radius 3 is 2.85 bits per heavy atom. The fourth-order valence-electron chi connectivity index (χ4n) is 2.52. The molecule has 0 aromatic heterocycles. The molecule has 1 aliphatic carbocycles. The van der Waals surface area contributed by atoms with E-state index >= 15 is 0 Å². The topological polar surface area (TPSA) is 49.3 Å². The Morgan fingerprint density at radius 1 is 1.40 bits per heavy atom. The molecule has 2 rings (SSSR count). The Balaban J connectivity index is 1.99. The predicted octanol–water partition coefficient (Wildman–Crippen LogP) is 2.69. The third-order valence-corrected chi connectivity index (χ3v) is 3.50. The van der Waals surface area contributed by atoms with Crippen LogP contribution < -0.4 is 5.32 Å². The molecule has 2 N–H and O–H groups in total. The number of carbonyl (C=O) groups excluding carboxylic acids is 1. The van der Waals surface area contributed by atoms with Crippen LogP contribution in [-0.2, 0) is 4.79 Å². The molecular weight excluding hydrogens is 257 g/mol. The van der Waals surface area contributed by atoms with Crippen LogP contribution in [0.4, 0.5) is 10.1 Å². The third kappa shape index (κ3) is 4.07. The van der Waals surface area contributed by atoms with Gasteiger partial charge in [-0.1, -0.05) is 24.7 Å². The van der Waals surface area contributed by atoms with Crippen LogP contribution >= 0.6 is 0 Å². The minimum atomic E-state index is -0.459. The van der Waals surface area contributed by atoms with Gasteiger partial charge in [-0.05, 0) is 37.0 Å². The van der Waals surface area contributed by atoms with Crippen molar-refractivity contribution in [1.82, 2.24) is 0 Å². The number of rotatable bonds is 3. The second-order valence-electron chi connectivity index (χ2n) is 5.06. The lowest BCUT2D eigenvalue weighted by atomic mass is 10.0. The number of hydrogen-bond acceptors (Lipinski definition) is 2. The summed E-state index contributed by atoms with van der Waals surface area (Å²) >= 11 is 0. The van der Waals surface area contributed by atoms with Crippen molar-refractivity contribution in [3.05, 3.63) is 29.6 Å². The second kappa shape index (κ2) is 7.06. The van der Waals surface area contributed by atoms with Crippen molar-refractivity contribution in [3.63, 3.8) is 0 Å². The van der Waals surface area contributed by atoms with Crippen LogP contribution in [-0.4, -0.2) is 17.6 Å². The van der Waals surface area contributed by atoms with Gasteiger partial charge >= 0.3 is 0 Å². The van der Waals surface area contributed by atoms with Gasteiger partial charge in [-0.25, -0.2) is 4.39 Å². The SMILES string of the molecule is O=C(CC1CCCC1)Nc1ccc(F)c(C#CCO)c1. The molecule has 0 atom stereocenters. The Kier molecular flexibility index (Phi) is 5.14. The molecule has 1 aromatic rings. The highest BCUT2D eigenvalue weighted by molar-refractivity contribution is 5.91. The molecule has 1 aliphatic rings. The van der Waals surface area contributed by atoms with Crippen LogP contribution in [0.1, 0.15) is 37.7 Å². The van der Waals surface area contributed by atoms with E-state index in [-0.39, 0.29) is 18.1 Å². The van der Waals surface area contributed by atoms with Crippen molar-refractivity contribution in [2.45, 2.75) is 32.1 Å². The fourth-order valence-corrected chi connectivity index (χ4v) is 2.52. The number of aliphatic hydroxyl groups excluding tert-OH is 1. The maximum atomic E-state index is 13.5. The van der Waals surface area contributed by atoms with Crippen molar-refractivity contribution in [2.24, 2.45) is 5.92 Å². The molecule has 3 nitrogen and oxygen atoms in total. The van der Waals surface area contributed by atoms with Crippen molar-refractivity contribution in [3.8, 4) is 11.8 Å².